The van der Waals surface area contributed by atoms with E-state index in [-0.39, 0.29) is 5.91 Å². The molecule has 5 heteroatoms. The quantitative estimate of drug-likeness (QED) is 0.898. The number of likely N-dealkylation sites (tertiary alicyclic amines) is 1. The highest BCUT2D eigenvalue weighted by atomic mass is 16.2. The number of piperidine rings is 1. The Morgan fingerprint density at radius 1 is 1.23 bits per heavy atom. The Bertz CT molecular complexity index is 539. The molecule has 0 atom stereocenters. The summed E-state index contributed by atoms with van der Waals surface area (Å²) >= 11 is 0. The molecule has 0 aromatic carbocycles. The van der Waals surface area contributed by atoms with Gasteiger partial charge in [-0.2, -0.15) is 5.10 Å². The van der Waals surface area contributed by atoms with Crippen LogP contribution in [0.5, 0.6) is 0 Å². The highest BCUT2D eigenvalue weighted by molar-refractivity contribution is 5.79. The Morgan fingerprint density at radius 3 is 2.45 bits per heavy atom. The first-order chi connectivity index (χ1) is 10.5. The van der Waals surface area contributed by atoms with Gasteiger partial charge in [-0.15, -0.1) is 0 Å². The minimum Gasteiger partial charge on any atom is -0.342 e. The Labute approximate surface area is 133 Å². The number of carbonyl (C=O) groups excluding carboxylic acids is 1. The van der Waals surface area contributed by atoms with Crippen molar-refractivity contribution in [3.63, 3.8) is 0 Å². The Morgan fingerprint density at radius 2 is 1.91 bits per heavy atom. The van der Waals surface area contributed by atoms with Gasteiger partial charge in [0.1, 0.15) is 0 Å². The molecule has 5 nitrogen and oxygen atoms in total. The second kappa shape index (κ2) is 6.41. The van der Waals surface area contributed by atoms with E-state index in [9.17, 15) is 4.79 Å². The molecule has 1 amide bonds. The Kier molecular flexibility index (Phi) is 4.52. The molecule has 1 saturated carbocycles. The maximum Gasteiger partial charge on any atom is 0.227 e. The largest absolute Gasteiger partial charge is 0.342 e. The van der Waals surface area contributed by atoms with E-state index in [0.717, 1.165) is 48.8 Å². The van der Waals surface area contributed by atoms with E-state index >= 15 is 0 Å². The van der Waals surface area contributed by atoms with Crippen molar-refractivity contribution in [3.8, 4) is 0 Å². The van der Waals surface area contributed by atoms with Gasteiger partial charge >= 0.3 is 0 Å². The monoisotopic (exact) mass is 304 g/mol. The van der Waals surface area contributed by atoms with E-state index < -0.39 is 0 Å². The summed E-state index contributed by atoms with van der Waals surface area (Å²) < 4.78 is 1.87. The van der Waals surface area contributed by atoms with Crippen molar-refractivity contribution in [2.24, 2.45) is 13.0 Å². The molecule has 0 radical (unpaired) electrons. The van der Waals surface area contributed by atoms with Crippen molar-refractivity contribution in [1.82, 2.24) is 20.0 Å². The molecule has 1 N–H and O–H groups in total. The van der Waals surface area contributed by atoms with Crippen molar-refractivity contribution >= 4 is 5.91 Å². The van der Waals surface area contributed by atoms with E-state index in [1.54, 1.807) is 0 Å². The minimum absolute atomic E-state index is 0.250. The zero-order valence-electron chi connectivity index (χ0n) is 14.1. The van der Waals surface area contributed by atoms with E-state index in [1.165, 1.54) is 19.4 Å². The van der Waals surface area contributed by atoms with Crippen molar-refractivity contribution in [1.29, 1.82) is 0 Å². The van der Waals surface area contributed by atoms with Crippen LogP contribution in [0.3, 0.4) is 0 Å². The number of nitrogens with one attached hydrogen (secondary N) is 1. The van der Waals surface area contributed by atoms with Crippen molar-refractivity contribution in [3.05, 3.63) is 17.0 Å². The average molecular weight is 304 g/mol. The predicted molar refractivity (Wildman–Crippen MR) is 86.7 cm³/mol. The maximum atomic E-state index is 12.5. The van der Waals surface area contributed by atoms with Crippen LogP contribution in [-0.2, 0) is 18.3 Å². The molecule has 2 aliphatic rings. The van der Waals surface area contributed by atoms with E-state index in [1.807, 2.05) is 30.5 Å². The summed E-state index contributed by atoms with van der Waals surface area (Å²) in [6, 6.07) is 0.603. The zero-order valence-corrected chi connectivity index (χ0v) is 14.1. The van der Waals surface area contributed by atoms with Crippen LogP contribution in [0, 0.1) is 19.8 Å². The van der Waals surface area contributed by atoms with Gasteiger partial charge in [0.25, 0.3) is 0 Å². The first-order valence-electron chi connectivity index (χ1n) is 8.55. The zero-order chi connectivity index (χ0) is 15.7. The fraction of sp³-hybridized carbons (Fsp3) is 0.765. The number of nitrogens with zero attached hydrogens (tertiary/aromatic N) is 3. The van der Waals surface area contributed by atoms with E-state index in [2.05, 4.69) is 10.4 Å². The highest BCUT2D eigenvalue weighted by Crippen LogP contribution is 2.28. The number of rotatable bonds is 5. The lowest BCUT2D eigenvalue weighted by Crippen LogP contribution is -2.45. The molecule has 0 bridgehead atoms. The fourth-order valence-corrected chi connectivity index (χ4v) is 3.32. The second-order valence-corrected chi connectivity index (χ2v) is 6.96. The fourth-order valence-electron chi connectivity index (χ4n) is 3.32. The predicted octanol–water partition coefficient (Wildman–Crippen LogP) is 1.57. The van der Waals surface area contributed by atoms with Gasteiger partial charge in [-0.25, -0.2) is 0 Å². The van der Waals surface area contributed by atoms with Crippen LogP contribution in [0.2, 0.25) is 0 Å². The van der Waals surface area contributed by atoms with E-state index in [4.69, 9.17) is 0 Å². The van der Waals surface area contributed by atoms with Crippen LogP contribution in [-0.4, -0.2) is 46.3 Å². The topological polar surface area (TPSA) is 50.2 Å². The first-order valence-corrected chi connectivity index (χ1v) is 8.55. The van der Waals surface area contributed by atoms with Crippen LogP contribution < -0.4 is 5.32 Å². The summed E-state index contributed by atoms with van der Waals surface area (Å²) in [5.41, 5.74) is 3.18. The molecule has 1 aromatic rings. The van der Waals surface area contributed by atoms with E-state index in [0.29, 0.717) is 12.5 Å². The van der Waals surface area contributed by atoms with Crippen LogP contribution in [0.15, 0.2) is 0 Å². The molecule has 2 heterocycles. The van der Waals surface area contributed by atoms with Gasteiger partial charge in [0, 0.05) is 37.4 Å². The molecule has 1 aromatic heterocycles. The third-order valence-corrected chi connectivity index (χ3v) is 5.23. The van der Waals surface area contributed by atoms with Gasteiger partial charge in [0.05, 0.1) is 12.1 Å². The molecule has 0 spiro atoms. The number of aromatic nitrogens is 2. The number of aryl methyl sites for hydroxylation is 2. The summed E-state index contributed by atoms with van der Waals surface area (Å²) in [6.45, 7) is 6.98. The molecule has 122 valence electrons. The standard InChI is InChI=1S/C17H28N4O/c1-12-16(13(2)20(3)19-12)10-17(22)21-8-6-15(7-9-21)18-11-14-4-5-14/h14-15,18H,4-11H2,1-3H3. The average Bonchev–Trinajstić information content (AvgIpc) is 3.30. The van der Waals surface area contributed by atoms with Gasteiger partial charge in [0.15, 0.2) is 0 Å². The third kappa shape index (κ3) is 3.51. The van der Waals surface area contributed by atoms with Gasteiger partial charge < -0.3 is 10.2 Å². The smallest absolute Gasteiger partial charge is 0.227 e. The molecule has 3 rings (SSSR count). The number of carbonyl (C=O) groups is 1. The Hall–Kier alpha value is -1.36. The molecule has 1 saturated heterocycles. The van der Waals surface area contributed by atoms with Crippen LogP contribution >= 0.6 is 0 Å². The summed E-state index contributed by atoms with van der Waals surface area (Å²) in [7, 11) is 1.94. The molecule has 1 aliphatic heterocycles. The highest BCUT2D eigenvalue weighted by Gasteiger charge is 2.26. The number of hydrogen-bond acceptors (Lipinski definition) is 3. The molecule has 0 unspecified atom stereocenters. The van der Waals surface area contributed by atoms with Crippen molar-refractivity contribution in [2.75, 3.05) is 19.6 Å². The van der Waals surface area contributed by atoms with Crippen LogP contribution in [0.1, 0.15) is 42.6 Å². The van der Waals surface area contributed by atoms with Gasteiger partial charge in [0.2, 0.25) is 5.91 Å². The number of hydrogen-bond donors (Lipinski definition) is 1. The minimum atomic E-state index is 0.250. The summed E-state index contributed by atoms with van der Waals surface area (Å²) in [6.07, 6.45) is 5.46. The maximum absolute atomic E-state index is 12.5. The summed E-state index contributed by atoms with van der Waals surface area (Å²) in [5, 5.41) is 8.07. The lowest BCUT2D eigenvalue weighted by atomic mass is 10.0. The second-order valence-electron chi connectivity index (χ2n) is 6.96. The van der Waals surface area contributed by atoms with Crippen molar-refractivity contribution < 1.29 is 4.79 Å². The Balaban J connectivity index is 1.49. The molecule has 22 heavy (non-hydrogen) atoms. The molecule has 1 aliphatic carbocycles. The molecule has 2 fully saturated rings. The molecular formula is C17H28N4O. The lowest BCUT2D eigenvalue weighted by molar-refractivity contribution is -0.131. The van der Waals surface area contributed by atoms with Gasteiger partial charge in [-0.05, 0) is 52.0 Å². The van der Waals surface area contributed by atoms with Gasteiger partial charge in [-0.1, -0.05) is 0 Å². The van der Waals surface area contributed by atoms with Gasteiger partial charge in [-0.3, -0.25) is 9.48 Å². The lowest BCUT2D eigenvalue weighted by Gasteiger charge is -2.32. The van der Waals surface area contributed by atoms with Crippen LogP contribution in [0.4, 0.5) is 0 Å². The molecular weight excluding hydrogens is 276 g/mol. The third-order valence-electron chi connectivity index (χ3n) is 5.23. The normalized spacial score (nSPS) is 19.7. The SMILES string of the molecule is Cc1nn(C)c(C)c1CC(=O)N1CCC(NCC2CC2)CC1. The van der Waals surface area contributed by atoms with Crippen molar-refractivity contribution in [2.45, 2.75) is 52.0 Å². The summed E-state index contributed by atoms with van der Waals surface area (Å²) in [5.74, 6) is 1.18. The first kappa shape index (κ1) is 15.5. The van der Waals surface area contributed by atoms with Crippen LogP contribution in [0.25, 0.3) is 0 Å². The summed E-state index contributed by atoms with van der Waals surface area (Å²) in [4.78, 5) is 14.6. The number of amides is 1.